The number of nitrogens with zero attached hydrogens (tertiary/aromatic N) is 1. The third-order valence-corrected chi connectivity index (χ3v) is 9.29. The molecule has 8 heteroatoms. The summed E-state index contributed by atoms with van der Waals surface area (Å²) in [4.78, 5) is 44.5. The Bertz CT molecular complexity index is 1130. The van der Waals surface area contributed by atoms with Gasteiger partial charge in [-0.1, -0.05) is 18.2 Å². The van der Waals surface area contributed by atoms with Crippen molar-refractivity contribution in [1.82, 2.24) is 20.5 Å². The Morgan fingerprint density at radius 3 is 2.50 bits per heavy atom. The normalized spacial score (nSPS) is 31.5. The highest BCUT2D eigenvalue weighted by Crippen LogP contribution is 2.53. The number of hydrogen-bond acceptors (Lipinski definition) is 4. The van der Waals surface area contributed by atoms with Crippen LogP contribution < -0.4 is 16.4 Å². The highest BCUT2D eigenvalue weighted by molar-refractivity contribution is 5.94. The molecule has 4 saturated carbocycles. The first-order chi connectivity index (χ1) is 17.5. The maximum absolute atomic E-state index is 13.8. The van der Waals surface area contributed by atoms with Gasteiger partial charge < -0.3 is 26.3 Å². The zero-order chi connectivity index (χ0) is 24.8. The topological polar surface area (TPSA) is 120 Å². The summed E-state index contributed by atoms with van der Waals surface area (Å²) in [5.74, 6) is 2.29. The van der Waals surface area contributed by atoms with Gasteiger partial charge in [0.05, 0.1) is 6.54 Å². The Morgan fingerprint density at radius 1 is 1.06 bits per heavy atom. The van der Waals surface area contributed by atoms with Crippen LogP contribution in [0, 0.1) is 23.7 Å². The molecule has 8 nitrogen and oxygen atoms in total. The highest BCUT2D eigenvalue weighted by atomic mass is 16.2. The standard InChI is InChI=1S/C28H37N5O3/c29-14-25(34)31-23(13-20-15-30-22-5-2-1-4-21(20)22)28(36)33-7-3-6-24(33)27(35)32-26-18-9-16-8-17(11-18)12-19(26)10-16/h1-2,4-5,15-19,23-24,26,30H,3,6-14,29H2,(H,31,34)(H,32,35)/t16?,17?,18?,19?,23-,24?,26?/m0/s1. The fourth-order valence-corrected chi connectivity index (χ4v) is 7.90. The third-order valence-electron chi connectivity index (χ3n) is 9.29. The smallest absolute Gasteiger partial charge is 0.246 e. The predicted molar refractivity (Wildman–Crippen MR) is 137 cm³/mol. The van der Waals surface area contributed by atoms with E-state index in [-0.39, 0.29) is 30.3 Å². The molecule has 0 radical (unpaired) electrons. The molecule has 1 unspecified atom stereocenters. The van der Waals surface area contributed by atoms with Crippen LogP contribution in [0.15, 0.2) is 30.5 Å². The molecule has 1 saturated heterocycles. The van der Waals surface area contributed by atoms with Gasteiger partial charge in [0.1, 0.15) is 12.1 Å². The van der Waals surface area contributed by atoms with E-state index in [0.29, 0.717) is 31.2 Å². The molecule has 0 spiro atoms. The van der Waals surface area contributed by atoms with E-state index in [0.717, 1.165) is 34.7 Å². The molecule has 5 fully saturated rings. The molecule has 2 heterocycles. The number of nitrogens with one attached hydrogen (secondary N) is 3. The number of likely N-dealkylation sites (tertiary alicyclic amines) is 1. The summed E-state index contributed by atoms with van der Waals surface area (Å²) in [5.41, 5.74) is 7.51. The van der Waals surface area contributed by atoms with Crippen LogP contribution in [-0.4, -0.2) is 58.8 Å². The van der Waals surface area contributed by atoms with E-state index in [9.17, 15) is 14.4 Å². The molecule has 4 bridgehead atoms. The zero-order valence-corrected chi connectivity index (χ0v) is 20.7. The van der Waals surface area contributed by atoms with E-state index in [2.05, 4.69) is 15.6 Å². The van der Waals surface area contributed by atoms with Crippen LogP contribution in [0.1, 0.15) is 50.5 Å². The molecule has 1 aromatic heterocycles. The molecule has 2 aromatic rings. The van der Waals surface area contributed by atoms with Crippen molar-refractivity contribution in [1.29, 1.82) is 0 Å². The van der Waals surface area contributed by atoms with Crippen molar-refractivity contribution in [3.63, 3.8) is 0 Å². The molecule has 4 aliphatic carbocycles. The lowest BCUT2D eigenvalue weighted by atomic mass is 9.54. The van der Waals surface area contributed by atoms with Crippen LogP contribution in [0.4, 0.5) is 0 Å². The summed E-state index contributed by atoms with van der Waals surface area (Å²) in [6.07, 6.45) is 10.0. The van der Waals surface area contributed by atoms with Gasteiger partial charge in [0, 0.05) is 36.1 Å². The molecule has 3 amide bonds. The van der Waals surface area contributed by atoms with Gasteiger partial charge in [0.2, 0.25) is 17.7 Å². The van der Waals surface area contributed by atoms with Gasteiger partial charge in [-0.3, -0.25) is 14.4 Å². The monoisotopic (exact) mass is 491 g/mol. The van der Waals surface area contributed by atoms with Crippen LogP contribution in [0.25, 0.3) is 10.9 Å². The van der Waals surface area contributed by atoms with Crippen molar-refractivity contribution in [3.8, 4) is 0 Å². The number of H-pyrrole nitrogens is 1. The van der Waals surface area contributed by atoms with E-state index in [1.807, 2.05) is 30.5 Å². The van der Waals surface area contributed by atoms with Crippen molar-refractivity contribution in [2.45, 2.75) is 69.5 Å². The number of nitrogens with two attached hydrogens (primary N) is 1. The second-order valence-corrected chi connectivity index (χ2v) is 11.5. The summed E-state index contributed by atoms with van der Waals surface area (Å²) < 4.78 is 0. The average Bonchev–Trinajstić information content (AvgIpc) is 3.52. The fraction of sp³-hybridized carbons (Fsp3) is 0.607. The lowest BCUT2D eigenvalue weighted by molar-refractivity contribution is -0.142. The number of amides is 3. The summed E-state index contributed by atoms with van der Waals surface area (Å²) in [6.45, 7) is 0.343. The van der Waals surface area contributed by atoms with Crippen molar-refractivity contribution < 1.29 is 14.4 Å². The summed E-state index contributed by atoms with van der Waals surface area (Å²) in [7, 11) is 0. The Kier molecular flexibility index (Phi) is 6.23. The van der Waals surface area contributed by atoms with Crippen molar-refractivity contribution in [3.05, 3.63) is 36.0 Å². The SMILES string of the molecule is NCC(=O)N[C@@H](Cc1c[nH]c2ccccc12)C(=O)N1CCCC1C(=O)NC1C2CC3CC(C2)CC1C3. The van der Waals surface area contributed by atoms with Gasteiger partial charge in [0.25, 0.3) is 0 Å². The maximum Gasteiger partial charge on any atom is 0.246 e. The maximum atomic E-state index is 13.8. The van der Waals surface area contributed by atoms with Gasteiger partial charge in [-0.15, -0.1) is 0 Å². The van der Waals surface area contributed by atoms with E-state index in [1.54, 1.807) is 4.90 Å². The lowest BCUT2D eigenvalue weighted by Gasteiger charge is -2.54. The molecule has 5 aliphatic rings. The Labute approximate surface area is 211 Å². The van der Waals surface area contributed by atoms with Gasteiger partial charge in [-0.2, -0.15) is 0 Å². The number of carbonyl (C=O) groups excluding carboxylic acids is 3. The number of aromatic nitrogens is 1. The van der Waals surface area contributed by atoms with E-state index in [4.69, 9.17) is 5.73 Å². The number of para-hydroxylation sites is 1. The predicted octanol–water partition coefficient (Wildman–Crippen LogP) is 2.09. The molecule has 192 valence electrons. The Balaban J connectivity index is 1.18. The largest absolute Gasteiger partial charge is 0.361 e. The minimum Gasteiger partial charge on any atom is -0.361 e. The number of carbonyl (C=O) groups is 3. The van der Waals surface area contributed by atoms with E-state index in [1.165, 1.54) is 32.1 Å². The van der Waals surface area contributed by atoms with Crippen molar-refractivity contribution in [2.75, 3.05) is 13.1 Å². The molecule has 1 aliphatic heterocycles. The minimum atomic E-state index is -0.769. The highest BCUT2D eigenvalue weighted by Gasteiger charge is 2.49. The molecule has 36 heavy (non-hydrogen) atoms. The number of hydrogen-bond donors (Lipinski definition) is 4. The Morgan fingerprint density at radius 2 is 1.78 bits per heavy atom. The lowest BCUT2D eigenvalue weighted by Crippen LogP contribution is -2.60. The molecule has 5 N–H and O–H groups in total. The number of benzene rings is 1. The second kappa shape index (κ2) is 9.54. The third kappa shape index (κ3) is 4.29. The molecular weight excluding hydrogens is 454 g/mol. The molecule has 7 rings (SSSR count). The van der Waals surface area contributed by atoms with Gasteiger partial charge in [-0.25, -0.2) is 0 Å². The second-order valence-electron chi connectivity index (χ2n) is 11.5. The van der Waals surface area contributed by atoms with Crippen LogP contribution in [0.5, 0.6) is 0 Å². The summed E-state index contributed by atoms with van der Waals surface area (Å²) in [6, 6.07) is 6.91. The van der Waals surface area contributed by atoms with Gasteiger partial charge >= 0.3 is 0 Å². The zero-order valence-electron chi connectivity index (χ0n) is 20.7. The van der Waals surface area contributed by atoms with Crippen molar-refractivity contribution >= 4 is 28.6 Å². The first-order valence-corrected chi connectivity index (χ1v) is 13.7. The minimum absolute atomic E-state index is 0.0191. The van der Waals surface area contributed by atoms with Crippen LogP contribution in [0.2, 0.25) is 0 Å². The number of aromatic amines is 1. The molecule has 2 atom stereocenters. The van der Waals surface area contributed by atoms with Gasteiger partial charge in [0.15, 0.2) is 0 Å². The average molecular weight is 492 g/mol. The van der Waals surface area contributed by atoms with E-state index < -0.39 is 12.1 Å². The van der Waals surface area contributed by atoms with Gasteiger partial charge in [-0.05, 0) is 80.2 Å². The fourth-order valence-electron chi connectivity index (χ4n) is 7.90. The van der Waals surface area contributed by atoms with Crippen LogP contribution >= 0.6 is 0 Å². The first-order valence-electron chi connectivity index (χ1n) is 13.7. The Hall–Kier alpha value is -2.87. The van der Waals surface area contributed by atoms with E-state index >= 15 is 0 Å². The van der Waals surface area contributed by atoms with Crippen LogP contribution in [0.3, 0.4) is 0 Å². The molecular formula is C28H37N5O3. The molecule has 1 aromatic carbocycles. The summed E-state index contributed by atoms with van der Waals surface area (Å²) >= 11 is 0. The van der Waals surface area contributed by atoms with Crippen molar-refractivity contribution in [2.24, 2.45) is 29.4 Å². The number of rotatable bonds is 7. The number of fused-ring (bicyclic) bond motifs is 1. The van der Waals surface area contributed by atoms with Crippen LogP contribution in [-0.2, 0) is 20.8 Å². The quantitative estimate of drug-likeness (QED) is 0.474. The summed E-state index contributed by atoms with van der Waals surface area (Å²) in [5, 5.41) is 7.26. The first kappa shape index (κ1) is 23.5.